The Balaban J connectivity index is 2.15. The van der Waals surface area contributed by atoms with Crippen LogP contribution in [0.2, 0.25) is 0 Å². The Kier molecular flexibility index (Phi) is 6.60. The van der Waals surface area contributed by atoms with Crippen LogP contribution in [0.1, 0.15) is 29.7 Å². The molecule has 0 heterocycles. The van der Waals surface area contributed by atoms with E-state index in [1.165, 1.54) is 0 Å². The van der Waals surface area contributed by atoms with Crippen molar-refractivity contribution in [3.8, 4) is 5.75 Å². The number of nitrogens with two attached hydrogens (primary N) is 1. The van der Waals surface area contributed by atoms with Crippen LogP contribution in [-0.4, -0.2) is 25.1 Å². The number of ether oxygens (including phenoxy) is 1. The number of primary amides is 1. The summed E-state index contributed by atoms with van der Waals surface area (Å²) in [5.41, 5.74) is 8.12. The molecule has 2 aromatic rings. The predicted octanol–water partition coefficient (Wildman–Crippen LogP) is 2.46. The zero-order chi connectivity index (χ0) is 19.1. The number of nitrogens with one attached hydrogen (secondary N) is 2. The summed E-state index contributed by atoms with van der Waals surface area (Å²) in [6.45, 7) is 3.85. The number of urea groups is 1. The van der Waals surface area contributed by atoms with Crippen molar-refractivity contribution < 1.29 is 14.3 Å². The molecule has 0 saturated heterocycles. The molecule has 3 amide bonds. The van der Waals surface area contributed by atoms with Gasteiger partial charge < -0.3 is 21.1 Å². The number of carbonyl (C=O) groups excluding carboxylic acids is 2. The minimum absolute atomic E-state index is 0.287. The summed E-state index contributed by atoms with van der Waals surface area (Å²) < 4.78 is 5.38. The second-order valence-electron chi connectivity index (χ2n) is 6.23. The molecule has 6 heteroatoms. The second kappa shape index (κ2) is 8.89. The first-order valence-corrected chi connectivity index (χ1v) is 8.45. The van der Waals surface area contributed by atoms with Gasteiger partial charge in [-0.25, -0.2) is 4.79 Å². The molecule has 0 aliphatic heterocycles. The van der Waals surface area contributed by atoms with Crippen LogP contribution >= 0.6 is 0 Å². The van der Waals surface area contributed by atoms with Gasteiger partial charge in [0.05, 0.1) is 13.2 Å². The summed E-state index contributed by atoms with van der Waals surface area (Å²) in [6.07, 6.45) is 0.354. The first-order chi connectivity index (χ1) is 12.4. The molecule has 0 saturated carbocycles. The quantitative estimate of drug-likeness (QED) is 0.712. The van der Waals surface area contributed by atoms with Gasteiger partial charge in [-0.15, -0.1) is 0 Å². The molecule has 0 radical (unpaired) electrons. The van der Waals surface area contributed by atoms with Crippen molar-refractivity contribution >= 4 is 11.9 Å². The van der Waals surface area contributed by atoms with E-state index < -0.39 is 12.1 Å². The fraction of sp³-hybridized carbons (Fsp3) is 0.300. The van der Waals surface area contributed by atoms with Gasteiger partial charge in [0.15, 0.2) is 0 Å². The van der Waals surface area contributed by atoms with Crippen LogP contribution in [0.15, 0.2) is 48.5 Å². The minimum atomic E-state index is -0.756. The molecule has 0 spiro atoms. The molecule has 0 unspecified atom stereocenters. The van der Waals surface area contributed by atoms with Crippen LogP contribution in [0.3, 0.4) is 0 Å². The van der Waals surface area contributed by atoms with Gasteiger partial charge in [0, 0.05) is 12.0 Å². The van der Waals surface area contributed by atoms with Crippen LogP contribution in [0.25, 0.3) is 0 Å². The SMILES string of the molecule is COc1ccc(C)cc1[C@@H](C)NC(=O)[C@H](Cc1ccccc1)NC(N)=O. The number of hydrogen-bond donors (Lipinski definition) is 3. The van der Waals surface area contributed by atoms with E-state index in [0.29, 0.717) is 12.2 Å². The van der Waals surface area contributed by atoms with Crippen LogP contribution in [0, 0.1) is 6.92 Å². The summed E-state index contributed by atoms with van der Waals surface area (Å²) in [5.74, 6) is 0.398. The Morgan fingerprint density at radius 1 is 1.12 bits per heavy atom. The first kappa shape index (κ1) is 19.3. The van der Waals surface area contributed by atoms with E-state index in [4.69, 9.17) is 10.5 Å². The summed E-state index contributed by atoms with van der Waals surface area (Å²) in [4.78, 5) is 24.0. The Morgan fingerprint density at radius 2 is 1.81 bits per heavy atom. The highest BCUT2D eigenvalue weighted by atomic mass is 16.5. The topological polar surface area (TPSA) is 93.4 Å². The summed E-state index contributed by atoms with van der Waals surface area (Å²) in [6, 6.07) is 13.5. The highest BCUT2D eigenvalue weighted by Gasteiger charge is 2.23. The van der Waals surface area contributed by atoms with Crippen molar-refractivity contribution in [3.63, 3.8) is 0 Å². The maximum Gasteiger partial charge on any atom is 0.312 e. The summed E-state index contributed by atoms with van der Waals surface area (Å²) in [7, 11) is 1.59. The lowest BCUT2D eigenvalue weighted by Gasteiger charge is -2.22. The molecular formula is C20H25N3O3. The van der Waals surface area contributed by atoms with Gasteiger partial charge in [-0.2, -0.15) is 0 Å². The second-order valence-corrected chi connectivity index (χ2v) is 6.23. The van der Waals surface area contributed by atoms with E-state index in [-0.39, 0.29) is 11.9 Å². The van der Waals surface area contributed by atoms with Crippen LogP contribution in [-0.2, 0) is 11.2 Å². The van der Waals surface area contributed by atoms with Crippen molar-refractivity contribution in [2.45, 2.75) is 32.4 Å². The molecule has 0 fully saturated rings. The van der Waals surface area contributed by atoms with Crippen molar-refractivity contribution in [2.75, 3.05) is 7.11 Å². The number of methoxy groups -OCH3 is 1. The highest BCUT2D eigenvalue weighted by molar-refractivity contribution is 5.87. The third-order valence-corrected chi connectivity index (χ3v) is 4.13. The van der Waals surface area contributed by atoms with Gasteiger partial charge in [0.1, 0.15) is 11.8 Å². The average molecular weight is 355 g/mol. The largest absolute Gasteiger partial charge is 0.496 e. The molecule has 2 atom stereocenters. The summed E-state index contributed by atoms with van der Waals surface area (Å²) in [5, 5.41) is 5.46. The minimum Gasteiger partial charge on any atom is -0.496 e. The van der Waals surface area contributed by atoms with Crippen LogP contribution in [0.4, 0.5) is 4.79 Å². The van der Waals surface area contributed by atoms with Gasteiger partial charge in [-0.05, 0) is 25.5 Å². The molecular weight excluding hydrogens is 330 g/mol. The third-order valence-electron chi connectivity index (χ3n) is 4.13. The molecule has 4 N–H and O–H groups in total. The number of benzene rings is 2. The molecule has 138 valence electrons. The lowest BCUT2D eigenvalue weighted by Crippen LogP contribution is -2.50. The Bertz CT molecular complexity index is 762. The molecule has 2 rings (SSSR count). The average Bonchev–Trinajstić information content (AvgIpc) is 2.61. The van der Waals surface area contributed by atoms with E-state index in [1.807, 2.05) is 62.4 Å². The van der Waals surface area contributed by atoms with E-state index in [1.54, 1.807) is 7.11 Å². The Labute approximate surface area is 153 Å². The molecule has 26 heavy (non-hydrogen) atoms. The van der Waals surface area contributed by atoms with Crippen LogP contribution in [0.5, 0.6) is 5.75 Å². The number of carbonyl (C=O) groups is 2. The zero-order valence-electron chi connectivity index (χ0n) is 15.3. The van der Waals surface area contributed by atoms with E-state index >= 15 is 0 Å². The number of hydrogen-bond acceptors (Lipinski definition) is 3. The van der Waals surface area contributed by atoms with Crippen molar-refractivity contribution in [3.05, 3.63) is 65.2 Å². The monoisotopic (exact) mass is 355 g/mol. The Hall–Kier alpha value is -3.02. The lowest BCUT2D eigenvalue weighted by atomic mass is 10.0. The van der Waals surface area contributed by atoms with E-state index in [0.717, 1.165) is 16.7 Å². The van der Waals surface area contributed by atoms with Gasteiger partial charge >= 0.3 is 6.03 Å². The Morgan fingerprint density at radius 3 is 2.42 bits per heavy atom. The maximum absolute atomic E-state index is 12.7. The molecule has 0 aliphatic rings. The van der Waals surface area contributed by atoms with Gasteiger partial charge in [0.2, 0.25) is 5.91 Å². The highest BCUT2D eigenvalue weighted by Crippen LogP contribution is 2.26. The van der Waals surface area contributed by atoms with E-state index in [9.17, 15) is 9.59 Å². The van der Waals surface area contributed by atoms with Crippen molar-refractivity contribution in [2.24, 2.45) is 5.73 Å². The van der Waals surface area contributed by atoms with Gasteiger partial charge in [-0.1, -0.05) is 48.0 Å². The number of amides is 3. The maximum atomic E-state index is 12.7. The molecule has 0 aromatic heterocycles. The fourth-order valence-electron chi connectivity index (χ4n) is 2.81. The molecule has 0 bridgehead atoms. The molecule has 0 aliphatic carbocycles. The third kappa shape index (κ3) is 5.24. The normalized spacial score (nSPS) is 12.7. The predicted molar refractivity (Wildman–Crippen MR) is 101 cm³/mol. The van der Waals surface area contributed by atoms with E-state index in [2.05, 4.69) is 10.6 Å². The van der Waals surface area contributed by atoms with Crippen molar-refractivity contribution in [1.82, 2.24) is 10.6 Å². The standard InChI is InChI=1S/C20H25N3O3/c1-13-9-10-18(26-3)16(11-13)14(2)22-19(24)17(23-20(21)25)12-15-7-5-4-6-8-15/h4-11,14,17H,12H2,1-3H3,(H,22,24)(H3,21,23,25)/t14-,17+/m1/s1. The molecule has 2 aromatic carbocycles. The number of rotatable bonds is 7. The molecule has 6 nitrogen and oxygen atoms in total. The van der Waals surface area contributed by atoms with Crippen molar-refractivity contribution in [1.29, 1.82) is 0 Å². The fourth-order valence-corrected chi connectivity index (χ4v) is 2.81. The van der Waals surface area contributed by atoms with Gasteiger partial charge in [0.25, 0.3) is 0 Å². The lowest BCUT2D eigenvalue weighted by molar-refractivity contribution is -0.123. The van der Waals surface area contributed by atoms with Gasteiger partial charge in [-0.3, -0.25) is 4.79 Å². The smallest absolute Gasteiger partial charge is 0.312 e. The summed E-state index contributed by atoms with van der Waals surface area (Å²) >= 11 is 0. The van der Waals surface area contributed by atoms with Crippen LogP contribution < -0.4 is 21.1 Å². The first-order valence-electron chi connectivity index (χ1n) is 8.45. The zero-order valence-corrected chi connectivity index (χ0v) is 15.3. The number of aryl methyl sites for hydroxylation is 1.